The van der Waals surface area contributed by atoms with Crippen LogP contribution in [0.15, 0.2) is 23.0 Å². The Kier molecular flexibility index (Phi) is 2.42. The van der Waals surface area contributed by atoms with E-state index in [4.69, 9.17) is 0 Å². The second kappa shape index (κ2) is 3.93. The molecule has 0 aromatic carbocycles. The maximum Gasteiger partial charge on any atom is 0.250 e. The van der Waals surface area contributed by atoms with Gasteiger partial charge >= 0.3 is 0 Å². The van der Waals surface area contributed by atoms with E-state index in [2.05, 4.69) is 4.90 Å². The van der Waals surface area contributed by atoms with Crippen LogP contribution in [-0.4, -0.2) is 33.7 Å². The molecule has 3 aliphatic rings. The molecule has 4 rings (SSSR count). The lowest BCUT2D eigenvalue weighted by Gasteiger charge is -2.56. The average Bonchev–Trinajstić information content (AvgIpc) is 2.41. The summed E-state index contributed by atoms with van der Waals surface area (Å²) in [4.78, 5) is 14.5. The van der Waals surface area contributed by atoms with Crippen LogP contribution in [0.5, 0.6) is 0 Å². The predicted octanol–water partition coefficient (Wildman–Crippen LogP) is 0.924. The highest BCUT2D eigenvalue weighted by Gasteiger charge is 2.53. The minimum absolute atomic E-state index is 0.0343. The zero-order chi connectivity index (χ0) is 13.0. The zero-order valence-corrected chi connectivity index (χ0v) is 11.1. The highest BCUT2D eigenvalue weighted by Crippen LogP contribution is 2.46. The molecule has 2 saturated heterocycles. The van der Waals surface area contributed by atoms with Crippen LogP contribution in [0.4, 0.5) is 0 Å². The normalized spacial score (nSPS) is 37.5. The fourth-order valence-electron chi connectivity index (χ4n) is 4.59. The quantitative estimate of drug-likeness (QED) is 0.754. The Morgan fingerprint density at radius 3 is 3.00 bits per heavy atom. The summed E-state index contributed by atoms with van der Waals surface area (Å²) < 4.78 is 1.82. The number of aliphatic hydroxyl groups is 1. The first-order chi connectivity index (χ1) is 9.20. The Labute approximate surface area is 112 Å². The van der Waals surface area contributed by atoms with Gasteiger partial charge in [-0.15, -0.1) is 0 Å². The van der Waals surface area contributed by atoms with Crippen molar-refractivity contribution in [2.24, 2.45) is 5.92 Å². The van der Waals surface area contributed by atoms with Gasteiger partial charge in [0.1, 0.15) is 5.60 Å². The largest absolute Gasteiger partial charge is 0.382 e. The molecule has 2 fully saturated rings. The lowest BCUT2D eigenvalue weighted by Crippen LogP contribution is -2.64. The number of nitrogens with zero attached hydrogens (tertiary/aromatic N) is 2. The summed E-state index contributed by atoms with van der Waals surface area (Å²) in [6, 6.07) is 5.55. The Balaban J connectivity index is 1.92. The Hall–Kier alpha value is -1.13. The molecule has 0 saturated carbocycles. The van der Waals surface area contributed by atoms with Crippen molar-refractivity contribution in [3.8, 4) is 0 Å². The molecule has 1 aromatic heterocycles. The first kappa shape index (κ1) is 11.7. The molecule has 4 heterocycles. The van der Waals surface area contributed by atoms with Crippen LogP contribution >= 0.6 is 0 Å². The van der Waals surface area contributed by atoms with Gasteiger partial charge in [0.2, 0.25) is 0 Å². The molecule has 0 unspecified atom stereocenters. The van der Waals surface area contributed by atoms with E-state index < -0.39 is 5.60 Å². The van der Waals surface area contributed by atoms with Crippen LogP contribution in [-0.2, 0) is 12.1 Å². The lowest BCUT2D eigenvalue weighted by atomic mass is 9.69. The Morgan fingerprint density at radius 2 is 2.11 bits per heavy atom. The van der Waals surface area contributed by atoms with Crippen molar-refractivity contribution < 1.29 is 5.11 Å². The van der Waals surface area contributed by atoms with Crippen molar-refractivity contribution in [1.29, 1.82) is 0 Å². The van der Waals surface area contributed by atoms with Gasteiger partial charge in [-0.1, -0.05) is 6.07 Å². The average molecular weight is 260 g/mol. The van der Waals surface area contributed by atoms with Crippen molar-refractivity contribution in [3.05, 3.63) is 34.2 Å². The van der Waals surface area contributed by atoms with Gasteiger partial charge in [0.25, 0.3) is 5.56 Å². The second-order valence-electron chi connectivity index (χ2n) is 6.27. The van der Waals surface area contributed by atoms with E-state index in [1.54, 1.807) is 12.1 Å². The van der Waals surface area contributed by atoms with Gasteiger partial charge in [-0.25, -0.2) is 0 Å². The third-order valence-corrected chi connectivity index (χ3v) is 5.26. The van der Waals surface area contributed by atoms with E-state index in [1.807, 2.05) is 10.6 Å². The van der Waals surface area contributed by atoms with Crippen LogP contribution in [0.1, 0.15) is 31.4 Å². The number of rotatable bonds is 0. The van der Waals surface area contributed by atoms with Crippen LogP contribution < -0.4 is 5.56 Å². The molecule has 102 valence electrons. The number of hydrogen-bond donors (Lipinski definition) is 1. The number of pyridine rings is 1. The molecule has 0 radical (unpaired) electrons. The topological polar surface area (TPSA) is 45.5 Å². The highest BCUT2D eigenvalue weighted by atomic mass is 16.3. The summed E-state index contributed by atoms with van der Waals surface area (Å²) in [5.41, 5.74) is 0.0575. The van der Waals surface area contributed by atoms with Gasteiger partial charge < -0.3 is 9.67 Å². The van der Waals surface area contributed by atoms with Crippen LogP contribution in [0.2, 0.25) is 0 Å². The molecule has 0 aliphatic carbocycles. The van der Waals surface area contributed by atoms with Crippen molar-refractivity contribution in [1.82, 2.24) is 9.47 Å². The molecule has 0 spiro atoms. The molecule has 3 aliphatic heterocycles. The van der Waals surface area contributed by atoms with Crippen molar-refractivity contribution in [2.75, 3.05) is 13.1 Å². The Bertz CT molecular complexity index is 566. The standard InChI is InChI=1S/C15H20N2O2/c18-13-6-1-5-12-15(19)7-3-9-16-8-2-4-11(14(15)16)10-17(12)13/h1,5-6,11,14,19H,2-4,7-10H2/t11-,14-,15-/m0/s1. The van der Waals surface area contributed by atoms with Gasteiger partial charge in [-0.3, -0.25) is 9.69 Å². The molecule has 1 N–H and O–H groups in total. The van der Waals surface area contributed by atoms with Crippen LogP contribution in [0.3, 0.4) is 0 Å². The van der Waals surface area contributed by atoms with Crippen molar-refractivity contribution >= 4 is 0 Å². The highest BCUT2D eigenvalue weighted by molar-refractivity contribution is 5.23. The molecule has 4 nitrogen and oxygen atoms in total. The molecule has 0 bridgehead atoms. The van der Waals surface area contributed by atoms with Gasteiger partial charge in [0.05, 0.1) is 5.69 Å². The monoisotopic (exact) mass is 260 g/mol. The summed E-state index contributed by atoms with van der Waals surface area (Å²) in [6.07, 6.45) is 4.12. The van der Waals surface area contributed by atoms with E-state index in [0.29, 0.717) is 5.92 Å². The van der Waals surface area contributed by atoms with Crippen LogP contribution in [0.25, 0.3) is 0 Å². The van der Waals surface area contributed by atoms with Crippen molar-refractivity contribution in [2.45, 2.75) is 43.9 Å². The SMILES string of the molecule is O=c1cccc2n1C[C@@H]1CCCN3CCC[C@@]2(O)[C@H]13. The summed E-state index contributed by atoms with van der Waals surface area (Å²) in [7, 11) is 0. The summed E-state index contributed by atoms with van der Waals surface area (Å²) >= 11 is 0. The predicted molar refractivity (Wildman–Crippen MR) is 71.9 cm³/mol. The van der Waals surface area contributed by atoms with Gasteiger partial charge in [-0.05, 0) is 50.8 Å². The second-order valence-corrected chi connectivity index (χ2v) is 6.27. The van der Waals surface area contributed by atoms with E-state index in [9.17, 15) is 9.90 Å². The number of piperidine rings is 2. The smallest absolute Gasteiger partial charge is 0.250 e. The molecule has 0 amide bonds. The third kappa shape index (κ3) is 1.50. The summed E-state index contributed by atoms with van der Waals surface area (Å²) in [5.74, 6) is 0.423. The molecular formula is C15H20N2O2. The first-order valence-corrected chi connectivity index (χ1v) is 7.37. The Morgan fingerprint density at radius 1 is 1.26 bits per heavy atom. The van der Waals surface area contributed by atoms with Gasteiger partial charge in [0, 0.05) is 18.7 Å². The van der Waals surface area contributed by atoms with E-state index >= 15 is 0 Å². The molecule has 4 heteroatoms. The number of hydrogen-bond acceptors (Lipinski definition) is 3. The van der Waals surface area contributed by atoms with E-state index in [1.165, 1.54) is 6.42 Å². The van der Waals surface area contributed by atoms with E-state index in [0.717, 1.165) is 44.6 Å². The molecule has 19 heavy (non-hydrogen) atoms. The van der Waals surface area contributed by atoms with Gasteiger partial charge in [-0.2, -0.15) is 0 Å². The molecule has 1 aromatic rings. The molecular weight excluding hydrogens is 240 g/mol. The molecule has 3 atom stereocenters. The lowest BCUT2D eigenvalue weighted by molar-refractivity contribution is -0.142. The number of aromatic nitrogens is 1. The number of fused-ring (bicyclic) bond motifs is 2. The van der Waals surface area contributed by atoms with Gasteiger partial charge in [0.15, 0.2) is 0 Å². The first-order valence-electron chi connectivity index (χ1n) is 7.37. The van der Waals surface area contributed by atoms with E-state index in [-0.39, 0.29) is 11.6 Å². The zero-order valence-electron chi connectivity index (χ0n) is 11.1. The third-order valence-electron chi connectivity index (χ3n) is 5.26. The summed E-state index contributed by atoms with van der Waals surface area (Å²) in [5, 5.41) is 11.3. The minimum Gasteiger partial charge on any atom is -0.382 e. The van der Waals surface area contributed by atoms with Crippen LogP contribution in [0, 0.1) is 5.92 Å². The maximum absolute atomic E-state index is 12.1. The fraction of sp³-hybridized carbons (Fsp3) is 0.667. The minimum atomic E-state index is -0.817. The van der Waals surface area contributed by atoms with Crippen molar-refractivity contribution in [3.63, 3.8) is 0 Å². The maximum atomic E-state index is 12.1. The summed E-state index contributed by atoms with van der Waals surface area (Å²) in [6.45, 7) is 2.97. The fourth-order valence-corrected chi connectivity index (χ4v) is 4.59.